The number of aliphatic hydroxyl groups is 21. The maximum Gasteiger partial charge on any atom is 0.319 e. The van der Waals surface area contributed by atoms with Gasteiger partial charge in [0.1, 0.15) is 53.2 Å². The highest BCUT2D eigenvalue weighted by Crippen LogP contribution is 2.70. The van der Waals surface area contributed by atoms with Crippen LogP contribution in [-0.2, 0) is 47.4 Å². The third-order valence-electron chi connectivity index (χ3n) is 11.2. The fourth-order valence-corrected chi connectivity index (χ4v) is 8.34. The van der Waals surface area contributed by atoms with Crippen molar-refractivity contribution in [2.75, 3.05) is 140 Å². The summed E-state index contributed by atoms with van der Waals surface area (Å²) < 4.78 is 49.0. The topological polar surface area (TPSA) is 545 Å². The molecule has 0 heterocycles. The average Bonchev–Trinajstić information content (AvgIpc) is 3.31. The summed E-state index contributed by atoms with van der Waals surface area (Å²) in [5.41, 5.74) is -36.8. The Morgan fingerprint density at radius 3 is 0.609 bits per heavy atom. The molecule has 0 unspecified atom stereocenters. The molecule has 0 fully saturated rings. The third-order valence-corrected chi connectivity index (χ3v) is 11.2. The summed E-state index contributed by atoms with van der Waals surface area (Å²) in [4.78, 5) is 15.6. The van der Waals surface area contributed by atoms with E-state index < -0.39 is 202 Å². The Labute approximate surface area is 362 Å². The Hall–Kier alpha value is -1.73. The minimum Gasteiger partial charge on any atom is -0.481 e. The van der Waals surface area contributed by atoms with Crippen LogP contribution in [0.5, 0.6) is 0 Å². The van der Waals surface area contributed by atoms with Crippen molar-refractivity contribution in [3.8, 4) is 0 Å². The number of hydrogen-bond donors (Lipinski definition) is 22. The van der Waals surface area contributed by atoms with Gasteiger partial charge < -0.3 is 155 Å². The van der Waals surface area contributed by atoms with E-state index in [-0.39, 0.29) is 0 Å². The Balaban J connectivity index is 12.3. The molecule has 0 aliphatic heterocycles. The molecule has 0 rings (SSSR count). The number of carboxylic acid groups (broad SMARTS) is 1. The van der Waals surface area contributed by atoms with Crippen LogP contribution in [0.4, 0.5) is 0 Å². The molecule has 0 aromatic rings. The monoisotopic (exact) mass is 960 g/mol. The van der Waals surface area contributed by atoms with Crippen molar-refractivity contribution in [2.45, 2.75) is 50.8 Å². The molecule has 32 nitrogen and oxygen atoms in total. The van der Waals surface area contributed by atoms with Crippen LogP contribution in [0.3, 0.4) is 0 Å². The molecule has 0 radical (unpaired) electrons. The van der Waals surface area contributed by atoms with Crippen molar-refractivity contribution in [3.63, 3.8) is 0 Å². The molecule has 0 saturated heterocycles. The molecule has 0 atom stereocenters. The number of carboxylic acids is 1. The van der Waals surface area contributed by atoms with Crippen molar-refractivity contribution in [2.24, 2.45) is 5.41 Å². The first-order valence-corrected chi connectivity index (χ1v) is 18.3. The Morgan fingerprint density at radius 1 is 0.281 bits per heavy atom. The van der Waals surface area contributed by atoms with E-state index in [1.165, 1.54) is 0 Å². The predicted molar refractivity (Wildman–Crippen MR) is 193 cm³/mol. The minimum absolute atomic E-state index is 1.81. The number of aliphatic hydroxyl groups excluding tert-OH is 21. The molecule has 0 saturated carbocycles. The van der Waals surface area contributed by atoms with Gasteiger partial charge in [-0.25, -0.2) is 0 Å². The fraction of sp³-hybridized carbons (Fsp3) is 0.969. The Bertz CT molecular complexity index is 1160. The van der Waals surface area contributed by atoms with Gasteiger partial charge in [0.05, 0.1) is 92.5 Å². The van der Waals surface area contributed by atoms with Gasteiger partial charge in [-0.05, 0) is 0 Å². The van der Waals surface area contributed by atoms with E-state index in [1.807, 2.05) is 0 Å². The molecule has 64 heavy (non-hydrogen) atoms. The molecular formula is C32H64O32. The van der Waals surface area contributed by atoms with Crippen molar-refractivity contribution in [3.05, 3.63) is 0 Å². The van der Waals surface area contributed by atoms with Crippen molar-refractivity contribution in [1.29, 1.82) is 0 Å². The van der Waals surface area contributed by atoms with Crippen molar-refractivity contribution >= 4 is 5.97 Å². The maximum absolute atomic E-state index is 15.6. The predicted octanol–water partition coefficient (Wildman–Crippen LogP) is -13.7. The van der Waals surface area contributed by atoms with Crippen LogP contribution < -0.4 is 0 Å². The van der Waals surface area contributed by atoms with Gasteiger partial charge in [0.2, 0.25) is 11.6 Å². The lowest BCUT2D eigenvalue weighted by atomic mass is 9.39. The molecule has 0 spiro atoms. The molecular weight excluding hydrogens is 896 g/mol. The lowest BCUT2D eigenvalue weighted by Crippen LogP contribution is -2.99. The zero-order chi connectivity index (χ0) is 49.8. The number of carbonyl (C=O) groups is 1. The van der Waals surface area contributed by atoms with E-state index in [2.05, 4.69) is 0 Å². The lowest BCUT2D eigenvalue weighted by Gasteiger charge is -2.74. The Kier molecular flexibility index (Phi) is 26.0. The SMILES string of the molecule is O=C(O)C(C(CO)(CO)OCO)(C(OC(CO)(CO)OCO)(C(CO)(CO)OCO)C(CO)(CO)OCO)C(OC(CO)(CO)OCO)(C(CO)(CO)OCO)C(CO)(CO)OCO. The number of hydrogen-bond acceptors (Lipinski definition) is 31. The highest BCUT2D eigenvalue weighted by molar-refractivity contribution is 5.83. The molecule has 0 aromatic heterocycles. The standard InChI is InChI=1S/C32H64O32/c33-1-23(2-34,56-15-47)30(22(54)55,31(24(3-35,4-36)57-16-48,25(5-37,6-38)58-17-49)63-28(11-43,12-44)61-20-52)32(26(7-39,8-40)59-18-50,27(9-41,10-42)60-19-51)64-29(13-45,14-46)62-21-53/h33-53H,1-21H2,(H,54,55). The first-order valence-electron chi connectivity index (χ1n) is 18.3. The van der Waals surface area contributed by atoms with E-state index in [9.17, 15) is 112 Å². The van der Waals surface area contributed by atoms with Crippen LogP contribution >= 0.6 is 0 Å². The van der Waals surface area contributed by atoms with Crippen molar-refractivity contribution < 1.29 is 160 Å². The summed E-state index contributed by atoms with van der Waals surface area (Å²) in [6, 6.07) is 0. The zero-order valence-corrected chi connectivity index (χ0v) is 34.3. The second-order valence-corrected chi connectivity index (χ2v) is 13.5. The summed E-state index contributed by atoms with van der Waals surface area (Å²) in [5.74, 6) is -10.9. The summed E-state index contributed by atoms with van der Waals surface area (Å²) in [6.07, 6.45) is 0. The third kappa shape index (κ3) is 9.50. The first-order chi connectivity index (χ1) is 30.4. The summed E-state index contributed by atoms with van der Waals surface area (Å²) >= 11 is 0. The van der Waals surface area contributed by atoms with Crippen LogP contribution in [-0.4, -0.2) is 309 Å². The normalized spacial score (nSPS) is 14.5. The lowest BCUT2D eigenvalue weighted by molar-refractivity contribution is -0.508. The van der Waals surface area contributed by atoms with E-state index in [4.69, 9.17) is 42.6 Å². The van der Waals surface area contributed by atoms with Gasteiger partial charge in [-0.2, -0.15) is 0 Å². The van der Waals surface area contributed by atoms with Crippen LogP contribution in [0.1, 0.15) is 0 Å². The number of rotatable bonds is 40. The number of aliphatic carboxylic acids is 1. The molecule has 0 aromatic carbocycles. The molecule has 0 aliphatic carbocycles. The second-order valence-electron chi connectivity index (χ2n) is 13.5. The van der Waals surface area contributed by atoms with Gasteiger partial charge in [-0.3, -0.25) is 4.79 Å². The molecule has 22 N–H and O–H groups in total. The molecule has 32 heteroatoms. The zero-order valence-electron chi connectivity index (χ0n) is 34.3. The van der Waals surface area contributed by atoms with Crippen molar-refractivity contribution in [1.82, 2.24) is 0 Å². The summed E-state index contributed by atoms with van der Waals surface area (Å²) in [5, 5.41) is 244. The summed E-state index contributed by atoms with van der Waals surface area (Å²) in [7, 11) is 0. The highest BCUT2D eigenvalue weighted by Gasteiger charge is 2.96. The minimum atomic E-state index is -5.36. The average molecular weight is 961 g/mol. The van der Waals surface area contributed by atoms with Crippen LogP contribution in [0.15, 0.2) is 0 Å². The van der Waals surface area contributed by atoms with Gasteiger partial charge in [-0.15, -0.1) is 0 Å². The molecule has 384 valence electrons. The van der Waals surface area contributed by atoms with E-state index in [0.29, 0.717) is 0 Å². The van der Waals surface area contributed by atoms with Gasteiger partial charge in [-0.1, -0.05) is 0 Å². The van der Waals surface area contributed by atoms with E-state index in [1.54, 1.807) is 0 Å². The quantitative estimate of drug-likeness (QED) is 0.0254. The van der Waals surface area contributed by atoms with Crippen LogP contribution in [0.25, 0.3) is 0 Å². The Morgan fingerprint density at radius 2 is 0.469 bits per heavy atom. The second kappa shape index (κ2) is 26.7. The van der Waals surface area contributed by atoms with Crippen LogP contribution in [0.2, 0.25) is 0 Å². The van der Waals surface area contributed by atoms with E-state index >= 15 is 4.79 Å². The maximum atomic E-state index is 15.6. The van der Waals surface area contributed by atoms with Gasteiger partial charge in [0.25, 0.3) is 0 Å². The van der Waals surface area contributed by atoms with Gasteiger partial charge in [0.15, 0.2) is 39.0 Å². The first kappa shape index (κ1) is 62.3. The summed E-state index contributed by atoms with van der Waals surface area (Å²) in [6.45, 7) is -45.2. The molecule has 0 bridgehead atoms. The molecule has 0 aliphatic rings. The van der Waals surface area contributed by atoms with Gasteiger partial charge >= 0.3 is 5.97 Å². The van der Waals surface area contributed by atoms with E-state index in [0.717, 1.165) is 0 Å². The number of ether oxygens (including phenoxy) is 9. The van der Waals surface area contributed by atoms with Crippen LogP contribution in [0, 0.1) is 5.41 Å². The smallest absolute Gasteiger partial charge is 0.319 e. The largest absolute Gasteiger partial charge is 0.481 e. The highest BCUT2D eigenvalue weighted by atomic mass is 16.8. The fourth-order valence-electron chi connectivity index (χ4n) is 8.34. The molecule has 0 amide bonds. The van der Waals surface area contributed by atoms with Gasteiger partial charge in [0, 0.05) is 0 Å².